The average molecular weight is 364 g/mol. The van der Waals surface area contributed by atoms with Crippen LogP contribution in [0.5, 0.6) is 0 Å². The Morgan fingerprint density at radius 1 is 1.15 bits per heavy atom. The summed E-state index contributed by atoms with van der Waals surface area (Å²) in [5.41, 5.74) is 1.35. The van der Waals surface area contributed by atoms with Gasteiger partial charge in [-0.1, -0.05) is 26.0 Å². The van der Waals surface area contributed by atoms with Crippen molar-refractivity contribution >= 4 is 23.6 Å². The molecule has 0 aliphatic rings. The SMILES string of the molecule is CNC(=O)[C@H](C)NC(=O)[C@H](C(C)C)N(C)Cc1cccc(NC(=O)O)c1. The summed E-state index contributed by atoms with van der Waals surface area (Å²) >= 11 is 0. The summed E-state index contributed by atoms with van der Waals surface area (Å²) in [5, 5.41) is 16.4. The zero-order valence-corrected chi connectivity index (χ0v) is 15.9. The molecule has 26 heavy (non-hydrogen) atoms. The minimum atomic E-state index is -1.13. The lowest BCUT2D eigenvalue weighted by atomic mass is 10.0. The maximum Gasteiger partial charge on any atom is 0.409 e. The highest BCUT2D eigenvalue weighted by Crippen LogP contribution is 2.16. The Morgan fingerprint density at radius 3 is 2.35 bits per heavy atom. The van der Waals surface area contributed by atoms with E-state index in [4.69, 9.17) is 5.11 Å². The van der Waals surface area contributed by atoms with E-state index in [2.05, 4.69) is 16.0 Å². The van der Waals surface area contributed by atoms with Crippen LogP contribution in [0, 0.1) is 5.92 Å². The Balaban J connectivity index is 2.85. The molecule has 8 heteroatoms. The highest BCUT2D eigenvalue weighted by Gasteiger charge is 2.28. The van der Waals surface area contributed by atoms with Crippen molar-refractivity contribution in [2.45, 2.75) is 39.4 Å². The number of nitrogens with zero attached hydrogens (tertiary/aromatic N) is 1. The summed E-state index contributed by atoms with van der Waals surface area (Å²) in [6, 6.07) is 5.96. The third-order valence-corrected chi connectivity index (χ3v) is 3.98. The molecule has 0 unspecified atom stereocenters. The molecule has 144 valence electrons. The molecule has 0 spiro atoms. The van der Waals surface area contributed by atoms with Gasteiger partial charge in [-0.25, -0.2) is 4.79 Å². The molecule has 0 fully saturated rings. The number of rotatable bonds is 8. The molecule has 0 saturated heterocycles. The first kappa shape index (κ1) is 21.4. The van der Waals surface area contributed by atoms with Gasteiger partial charge >= 0.3 is 6.09 Å². The molecule has 0 heterocycles. The lowest BCUT2D eigenvalue weighted by molar-refractivity contribution is -0.132. The average Bonchev–Trinajstić information content (AvgIpc) is 2.53. The van der Waals surface area contributed by atoms with E-state index in [9.17, 15) is 14.4 Å². The molecule has 0 aromatic heterocycles. The van der Waals surface area contributed by atoms with Crippen LogP contribution in [0.3, 0.4) is 0 Å². The van der Waals surface area contributed by atoms with Crippen LogP contribution in [0.2, 0.25) is 0 Å². The maximum absolute atomic E-state index is 12.6. The fourth-order valence-electron chi connectivity index (χ4n) is 2.85. The van der Waals surface area contributed by atoms with Gasteiger partial charge in [0.2, 0.25) is 11.8 Å². The fraction of sp³-hybridized carbons (Fsp3) is 0.500. The van der Waals surface area contributed by atoms with Gasteiger partial charge in [-0.15, -0.1) is 0 Å². The van der Waals surface area contributed by atoms with E-state index in [1.807, 2.05) is 31.9 Å². The van der Waals surface area contributed by atoms with Crippen molar-refractivity contribution in [2.75, 3.05) is 19.4 Å². The number of anilines is 1. The number of carbonyl (C=O) groups excluding carboxylic acids is 2. The summed E-state index contributed by atoms with van der Waals surface area (Å²) in [7, 11) is 3.35. The van der Waals surface area contributed by atoms with Gasteiger partial charge in [0.15, 0.2) is 0 Å². The van der Waals surface area contributed by atoms with Crippen molar-refractivity contribution in [1.29, 1.82) is 0 Å². The van der Waals surface area contributed by atoms with E-state index < -0.39 is 18.2 Å². The minimum Gasteiger partial charge on any atom is -0.465 e. The molecular weight excluding hydrogens is 336 g/mol. The van der Waals surface area contributed by atoms with Crippen molar-refractivity contribution in [1.82, 2.24) is 15.5 Å². The molecule has 8 nitrogen and oxygen atoms in total. The number of likely N-dealkylation sites (N-methyl/N-ethyl adjacent to an activating group) is 2. The van der Waals surface area contributed by atoms with E-state index in [-0.39, 0.29) is 17.7 Å². The van der Waals surface area contributed by atoms with Gasteiger partial charge in [0, 0.05) is 19.3 Å². The molecular formula is C18H28N4O4. The van der Waals surface area contributed by atoms with Gasteiger partial charge in [0.1, 0.15) is 6.04 Å². The Kier molecular flexibility index (Phi) is 8.05. The van der Waals surface area contributed by atoms with Crippen molar-refractivity contribution in [3.8, 4) is 0 Å². The van der Waals surface area contributed by atoms with Crippen LogP contribution >= 0.6 is 0 Å². The molecule has 0 aliphatic carbocycles. The molecule has 0 aliphatic heterocycles. The normalized spacial score (nSPS) is 13.2. The van der Waals surface area contributed by atoms with Crippen LogP contribution in [0.1, 0.15) is 26.3 Å². The quantitative estimate of drug-likeness (QED) is 0.558. The second kappa shape index (κ2) is 9.76. The smallest absolute Gasteiger partial charge is 0.409 e. The molecule has 4 N–H and O–H groups in total. The Labute approximate surface area is 153 Å². The summed E-state index contributed by atoms with van der Waals surface area (Å²) in [6.07, 6.45) is -1.13. The van der Waals surface area contributed by atoms with Crippen LogP contribution in [-0.4, -0.2) is 54.1 Å². The molecule has 0 saturated carbocycles. The first-order valence-corrected chi connectivity index (χ1v) is 8.46. The van der Waals surface area contributed by atoms with Gasteiger partial charge in [0.25, 0.3) is 0 Å². The topological polar surface area (TPSA) is 111 Å². The van der Waals surface area contributed by atoms with Gasteiger partial charge < -0.3 is 15.7 Å². The zero-order chi connectivity index (χ0) is 19.9. The second-order valence-electron chi connectivity index (χ2n) is 6.58. The molecule has 1 aromatic rings. The molecule has 3 amide bonds. The number of hydrogen-bond acceptors (Lipinski definition) is 4. The van der Waals surface area contributed by atoms with E-state index in [0.717, 1.165) is 5.56 Å². The van der Waals surface area contributed by atoms with Gasteiger partial charge in [-0.05, 0) is 37.6 Å². The summed E-state index contributed by atoms with van der Waals surface area (Å²) in [4.78, 5) is 36.9. The number of nitrogens with one attached hydrogen (secondary N) is 3. The Hall–Kier alpha value is -2.61. The van der Waals surface area contributed by atoms with E-state index in [0.29, 0.717) is 12.2 Å². The number of hydrogen-bond donors (Lipinski definition) is 4. The largest absolute Gasteiger partial charge is 0.465 e. The van der Waals surface area contributed by atoms with Crippen molar-refractivity contribution in [2.24, 2.45) is 5.92 Å². The van der Waals surface area contributed by atoms with Gasteiger partial charge in [-0.3, -0.25) is 19.8 Å². The highest BCUT2D eigenvalue weighted by molar-refractivity contribution is 5.89. The predicted molar refractivity (Wildman–Crippen MR) is 99.9 cm³/mol. The number of benzene rings is 1. The summed E-state index contributed by atoms with van der Waals surface area (Å²) in [5.74, 6) is -0.452. The number of amides is 3. The zero-order valence-electron chi connectivity index (χ0n) is 15.9. The van der Waals surface area contributed by atoms with Crippen molar-refractivity contribution < 1.29 is 19.5 Å². The summed E-state index contributed by atoms with van der Waals surface area (Å²) < 4.78 is 0. The Morgan fingerprint density at radius 2 is 1.81 bits per heavy atom. The minimum absolute atomic E-state index is 0.0252. The van der Waals surface area contributed by atoms with Crippen LogP contribution in [0.4, 0.5) is 10.5 Å². The first-order chi connectivity index (χ1) is 12.1. The van der Waals surface area contributed by atoms with Crippen molar-refractivity contribution in [3.63, 3.8) is 0 Å². The third kappa shape index (κ3) is 6.36. The van der Waals surface area contributed by atoms with E-state index >= 15 is 0 Å². The van der Waals surface area contributed by atoms with E-state index in [1.165, 1.54) is 7.05 Å². The van der Waals surface area contributed by atoms with E-state index in [1.54, 1.807) is 25.1 Å². The summed E-state index contributed by atoms with van der Waals surface area (Å²) in [6.45, 7) is 5.97. The highest BCUT2D eigenvalue weighted by atomic mass is 16.4. The number of carboxylic acid groups (broad SMARTS) is 1. The molecule has 1 aromatic carbocycles. The molecule has 0 bridgehead atoms. The van der Waals surface area contributed by atoms with Crippen LogP contribution in [-0.2, 0) is 16.1 Å². The number of carbonyl (C=O) groups is 3. The monoisotopic (exact) mass is 364 g/mol. The van der Waals surface area contributed by atoms with Crippen LogP contribution in [0.15, 0.2) is 24.3 Å². The third-order valence-electron chi connectivity index (χ3n) is 3.98. The predicted octanol–water partition coefficient (Wildman–Crippen LogP) is 1.48. The van der Waals surface area contributed by atoms with Crippen molar-refractivity contribution in [3.05, 3.63) is 29.8 Å². The lowest BCUT2D eigenvalue weighted by Gasteiger charge is -2.31. The maximum atomic E-state index is 12.6. The molecule has 0 radical (unpaired) electrons. The lowest BCUT2D eigenvalue weighted by Crippen LogP contribution is -2.53. The molecule has 1 rings (SSSR count). The van der Waals surface area contributed by atoms with Gasteiger partial charge in [0.05, 0.1) is 6.04 Å². The first-order valence-electron chi connectivity index (χ1n) is 8.46. The molecule has 2 atom stereocenters. The Bertz CT molecular complexity index is 648. The second-order valence-corrected chi connectivity index (χ2v) is 6.58. The van der Waals surface area contributed by atoms with Crippen LogP contribution < -0.4 is 16.0 Å². The standard InChI is InChI=1S/C18H28N4O4/c1-11(2)15(17(24)20-12(3)16(23)19-4)22(5)10-13-7-6-8-14(9-13)21-18(25)26/h6-9,11-12,15,21H,10H2,1-5H3,(H,19,23)(H,20,24)(H,25,26)/t12-,15-/m0/s1. The van der Waals surface area contributed by atoms with Crippen LogP contribution in [0.25, 0.3) is 0 Å². The fourth-order valence-corrected chi connectivity index (χ4v) is 2.85. The van der Waals surface area contributed by atoms with Gasteiger partial charge in [-0.2, -0.15) is 0 Å².